The molecular formula is C31H46N2OSSi. The summed E-state index contributed by atoms with van der Waals surface area (Å²) in [6.45, 7) is 22.0. The Balaban J connectivity index is 1.68. The van der Waals surface area contributed by atoms with Crippen LogP contribution in [-0.4, -0.2) is 19.3 Å². The lowest BCUT2D eigenvalue weighted by Crippen LogP contribution is -2.40. The van der Waals surface area contributed by atoms with Crippen LogP contribution < -0.4 is 4.90 Å². The fraction of sp³-hybridized carbons (Fsp3) is 0.516. The van der Waals surface area contributed by atoms with Gasteiger partial charge < -0.3 is 9.33 Å². The van der Waals surface area contributed by atoms with E-state index >= 15 is 0 Å². The number of aromatic nitrogens is 1. The molecule has 0 N–H and O–H groups in total. The van der Waals surface area contributed by atoms with Gasteiger partial charge in [0.15, 0.2) is 8.32 Å². The van der Waals surface area contributed by atoms with Crippen LogP contribution in [-0.2, 0) is 17.6 Å². The average molecular weight is 523 g/mol. The highest BCUT2D eigenvalue weighted by Gasteiger charge is 2.37. The number of hydrogen-bond acceptors (Lipinski definition) is 4. The maximum atomic E-state index is 6.39. The first-order valence-electron chi connectivity index (χ1n) is 13.5. The van der Waals surface area contributed by atoms with E-state index in [1.165, 1.54) is 35.2 Å². The summed E-state index contributed by atoms with van der Waals surface area (Å²) in [5.41, 5.74) is 6.16. The number of hydrogen-bond donors (Lipinski definition) is 0. The van der Waals surface area contributed by atoms with Gasteiger partial charge in [0.2, 0.25) is 0 Å². The zero-order valence-corrected chi connectivity index (χ0v) is 25.7. The highest BCUT2D eigenvalue weighted by atomic mass is 32.1. The largest absolute Gasteiger partial charge is 0.413 e. The van der Waals surface area contributed by atoms with Crippen molar-refractivity contribution in [3.8, 4) is 11.3 Å². The van der Waals surface area contributed by atoms with Crippen LogP contribution in [0.5, 0.6) is 0 Å². The highest BCUT2D eigenvalue weighted by molar-refractivity contribution is 7.10. The van der Waals surface area contributed by atoms with E-state index in [-0.39, 0.29) is 5.04 Å². The van der Waals surface area contributed by atoms with E-state index in [0.29, 0.717) is 18.6 Å². The van der Waals surface area contributed by atoms with Crippen molar-refractivity contribution in [3.63, 3.8) is 0 Å². The van der Waals surface area contributed by atoms with Gasteiger partial charge in [-0.3, -0.25) is 0 Å². The fourth-order valence-electron chi connectivity index (χ4n) is 4.18. The number of thiazole rings is 1. The Labute approximate surface area is 225 Å². The molecule has 0 unspecified atom stereocenters. The van der Waals surface area contributed by atoms with Crippen molar-refractivity contribution in [1.82, 2.24) is 4.98 Å². The van der Waals surface area contributed by atoms with E-state index in [9.17, 15) is 0 Å². The SMILES string of the molecule is CCC(CC)c1ccc(N(Cc2nc(-c3ccc(CO[Si](C)(C)C(C)(C)C)cc3)cs2)C(C)C)cc1. The monoisotopic (exact) mass is 522 g/mol. The maximum absolute atomic E-state index is 6.39. The Morgan fingerprint density at radius 1 is 0.944 bits per heavy atom. The second-order valence-electron chi connectivity index (χ2n) is 11.7. The summed E-state index contributed by atoms with van der Waals surface area (Å²) in [4.78, 5) is 7.45. The Hall–Kier alpha value is -1.95. The lowest BCUT2D eigenvalue weighted by molar-refractivity contribution is 0.276. The molecule has 36 heavy (non-hydrogen) atoms. The molecule has 0 aliphatic heterocycles. The lowest BCUT2D eigenvalue weighted by Gasteiger charge is -2.36. The molecule has 1 heterocycles. The molecule has 0 amide bonds. The van der Waals surface area contributed by atoms with Crippen molar-refractivity contribution < 1.29 is 4.43 Å². The van der Waals surface area contributed by atoms with Crippen LogP contribution in [0.15, 0.2) is 53.9 Å². The minimum atomic E-state index is -1.74. The number of anilines is 1. The summed E-state index contributed by atoms with van der Waals surface area (Å²) in [6.07, 6.45) is 2.38. The summed E-state index contributed by atoms with van der Waals surface area (Å²) in [7, 11) is -1.74. The third kappa shape index (κ3) is 7.08. The molecule has 0 aliphatic rings. The molecule has 0 spiro atoms. The summed E-state index contributed by atoms with van der Waals surface area (Å²) in [6, 6.07) is 18.3. The van der Waals surface area contributed by atoms with Crippen molar-refractivity contribution in [3.05, 3.63) is 70.0 Å². The predicted octanol–water partition coefficient (Wildman–Crippen LogP) is 9.65. The zero-order valence-electron chi connectivity index (χ0n) is 23.9. The zero-order chi connectivity index (χ0) is 26.5. The predicted molar refractivity (Wildman–Crippen MR) is 161 cm³/mol. The van der Waals surface area contributed by atoms with E-state index in [1.807, 2.05) is 0 Å². The first kappa shape index (κ1) is 28.6. The normalized spacial score (nSPS) is 12.5. The van der Waals surface area contributed by atoms with Gasteiger partial charge in [0.05, 0.1) is 18.8 Å². The second-order valence-corrected chi connectivity index (χ2v) is 17.5. The van der Waals surface area contributed by atoms with Gasteiger partial charge in [0, 0.05) is 22.7 Å². The molecule has 196 valence electrons. The Morgan fingerprint density at radius 3 is 2.08 bits per heavy atom. The third-order valence-corrected chi connectivity index (χ3v) is 13.1. The molecule has 3 aromatic rings. The highest BCUT2D eigenvalue weighted by Crippen LogP contribution is 2.37. The van der Waals surface area contributed by atoms with E-state index in [0.717, 1.165) is 17.2 Å². The standard InChI is InChI=1S/C31H46N2OSSi/c1-10-25(11-2)26-16-18-28(19-17-26)33(23(3)4)20-30-32-29(22-35-30)27-14-12-24(13-15-27)21-34-36(8,9)31(5,6)7/h12-19,22-23,25H,10-11,20-21H2,1-9H3. The quantitative estimate of drug-likeness (QED) is 0.234. The second kappa shape index (κ2) is 12.1. The molecule has 3 nitrogen and oxygen atoms in total. The van der Waals surface area contributed by atoms with E-state index in [1.54, 1.807) is 11.3 Å². The minimum absolute atomic E-state index is 0.225. The van der Waals surface area contributed by atoms with Crippen molar-refractivity contribution in [2.24, 2.45) is 0 Å². The summed E-state index contributed by atoms with van der Waals surface area (Å²) >= 11 is 1.75. The lowest BCUT2D eigenvalue weighted by atomic mass is 9.94. The molecule has 1 aromatic heterocycles. The molecule has 0 fully saturated rings. The van der Waals surface area contributed by atoms with Crippen molar-refractivity contribution >= 4 is 25.3 Å². The number of rotatable bonds is 11. The minimum Gasteiger partial charge on any atom is -0.413 e. The van der Waals surface area contributed by atoms with Gasteiger partial charge in [0.1, 0.15) is 5.01 Å². The van der Waals surface area contributed by atoms with Crippen molar-refractivity contribution in [2.75, 3.05) is 4.90 Å². The van der Waals surface area contributed by atoms with Gasteiger partial charge in [-0.25, -0.2) is 4.98 Å². The van der Waals surface area contributed by atoms with Gasteiger partial charge in [-0.2, -0.15) is 0 Å². The summed E-state index contributed by atoms with van der Waals surface area (Å²) in [5.74, 6) is 0.651. The van der Waals surface area contributed by atoms with Crippen LogP contribution in [0, 0.1) is 0 Å². The number of benzene rings is 2. The first-order valence-corrected chi connectivity index (χ1v) is 17.3. The molecule has 2 aromatic carbocycles. The Morgan fingerprint density at radius 2 is 1.56 bits per heavy atom. The fourth-order valence-corrected chi connectivity index (χ4v) is 5.95. The molecule has 0 radical (unpaired) electrons. The van der Waals surface area contributed by atoms with Gasteiger partial charge in [0.25, 0.3) is 0 Å². The van der Waals surface area contributed by atoms with E-state index in [2.05, 4.69) is 120 Å². The van der Waals surface area contributed by atoms with Gasteiger partial charge in [-0.15, -0.1) is 11.3 Å². The number of nitrogens with zero attached hydrogens (tertiary/aromatic N) is 2. The third-order valence-electron chi connectivity index (χ3n) is 7.82. The molecule has 0 bridgehead atoms. The van der Waals surface area contributed by atoms with Crippen LogP contribution >= 0.6 is 11.3 Å². The molecule has 0 aliphatic carbocycles. The summed E-state index contributed by atoms with van der Waals surface area (Å²) < 4.78 is 6.39. The van der Waals surface area contributed by atoms with Crippen LogP contribution in [0.3, 0.4) is 0 Å². The van der Waals surface area contributed by atoms with E-state index in [4.69, 9.17) is 9.41 Å². The van der Waals surface area contributed by atoms with Crippen LogP contribution in [0.2, 0.25) is 18.1 Å². The molecule has 0 atom stereocenters. The molecule has 0 saturated carbocycles. The van der Waals surface area contributed by atoms with Gasteiger partial charge in [-0.1, -0.05) is 71.0 Å². The van der Waals surface area contributed by atoms with Crippen LogP contribution in [0.1, 0.15) is 83.4 Å². The van der Waals surface area contributed by atoms with Crippen molar-refractivity contribution in [1.29, 1.82) is 0 Å². The van der Waals surface area contributed by atoms with Gasteiger partial charge in [-0.05, 0) is 74.0 Å². The van der Waals surface area contributed by atoms with Crippen molar-refractivity contribution in [2.45, 2.75) is 105 Å². The molecule has 3 rings (SSSR count). The molecule has 5 heteroatoms. The molecular weight excluding hydrogens is 477 g/mol. The molecule has 0 saturated heterocycles. The average Bonchev–Trinajstić information content (AvgIpc) is 3.31. The van der Waals surface area contributed by atoms with Gasteiger partial charge >= 0.3 is 0 Å². The topological polar surface area (TPSA) is 25.4 Å². The van der Waals surface area contributed by atoms with E-state index < -0.39 is 8.32 Å². The maximum Gasteiger partial charge on any atom is 0.192 e. The van der Waals surface area contributed by atoms with Crippen LogP contribution in [0.4, 0.5) is 5.69 Å². The smallest absolute Gasteiger partial charge is 0.192 e. The summed E-state index contributed by atoms with van der Waals surface area (Å²) in [5, 5.41) is 3.56. The Kier molecular flexibility index (Phi) is 9.59. The van der Waals surface area contributed by atoms with Crippen LogP contribution in [0.25, 0.3) is 11.3 Å². The Bertz CT molecular complexity index is 1080. The first-order chi connectivity index (χ1) is 16.9.